The summed E-state index contributed by atoms with van der Waals surface area (Å²) in [6.45, 7) is 7.55. The zero-order valence-corrected chi connectivity index (χ0v) is 15.1. The van der Waals surface area contributed by atoms with Gasteiger partial charge in [-0.2, -0.15) is 0 Å². The monoisotopic (exact) mass is 401 g/mol. The molecular formula is C15H20IN3S. The van der Waals surface area contributed by atoms with Gasteiger partial charge in [0.15, 0.2) is 5.82 Å². The fourth-order valence-corrected chi connectivity index (χ4v) is 3.20. The predicted octanol–water partition coefficient (Wildman–Crippen LogP) is 4.83. The van der Waals surface area contributed by atoms with Gasteiger partial charge in [-0.1, -0.05) is 26.8 Å². The first-order valence-corrected chi connectivity index (χ1v) is 8.91. The summed E-state index contributed by atoms with van der Waals surface area (Å²) in [7, 11) is 0. The van der Waals surface area contributed by atoms with Crippen LogP contribution in [0.1, 0.15) is 32.9 Å². The molecule has 0 aliphatic carbocycles. The predicted molar refractivity (Wildman–Crippen MR) is 95.4 cm³/mol. The highest BCUT2D eigenvalue weighted by atomic mass is 127. The average Bonchev–Trinajstić information content (AvgIpc) is 2.93. The number of nitrogens with one attached hydrogen (secondary N) is 1. The van der Waals surface area contributed by atoms with Gasteiger partial charge in [-0.05, 0) is 52.8 Å². The molecule has 0 fully saturated rings. The van der Waals surface area contributed by atoms with Gasteiger partial charge < -0.3 is 5.32 Å². The highest BCUT2D eigenvalue weighted by Crippen LogP contribution is 2.27. The van der Waals surface area contributed by atoms with Crippen molar-refractivity contribution < 1.29 is 0 Å². The molecule has 0 atom stereocenters. The summed E-state index contributed by atoms with van der Waals surface area (Å²) in [5.41, 5.74) is 1.15. The van der Waals surface area contributed by atoms with Crippen molar-refractivity contribution in [2.45, 2.75) is 33.6 Å². The van der Waals surface area contributed by atoms with Crippen LogP contribution in [0.15, 0.2) is 17.5 Å². The number of hydrogen-bond donors (Lipinski definition) is 1. The second kappa shape index (κ2) is 7.36. The van der Waals surface area contributed by atoms with E-state index in [1.165, 1.54) is 0 Å². The number of anilines is 1. The van der Waals surface area contributed by atoms with E-state index in [1.54, 1.807) is 11.3 Å². The number of rotatable bonds is 6. The zero-order valence-electron chi connectivity index (χ0n) is 12.1. The maximum Gasteiger partial charge on any atom is 0.171 e. The van der Waals surface area contributed by atoms with Gasteiger partial charge in [0.05, 0.1) is 14.1 Å². The molecule has 2 aromatic heterocycles. The Kier molecular flexibility index (Phi) is 5.77. The molecule has 0 unspecified atom stereocenters. The van der Waals surface area contributed by atoms with Crippen LogP contribution >= 0.6 is 33.9 Å². The second-order valence-corrected chi connectivity index (χ2v) is 7.18. The topological polar surface area (TPSA) is 37.8 Å². The van der Waals surface area contributed by atoms with Crippen LogP contribution in [0.4, 0.5) is 5.82 Å². The number of nitrogens with zero attached hydrogens (tertiary/aromatic N) is 2. The Morgan fingerprint density at radius 3 is 2.75 bits per heavy atom. The lowest BCUT2D eigenvalue weighted by Gasteiger charge is -2.13. The van der Waals surface area contributed by atoms with E-state index < -0.39 is 0 Å². The molecule has 0 saturated carbocycles. The van der Waals surface area contributed by atoms with E-state index in [9.17, 15) is 0 Å². The molecule has 0 aliphatic heterocycles. The fourth-order valence-electron chi connectivity index (χ4n) is 1.89. The molecule has 0 bridgehead atoms. The summed E-state index contributed by atoms with van der Waals surface area (Å²) >= 11 is 4.05. The van der Waals surface area contributed by atoms with Gasteiger partial charge >= 0.3 is 0 Å². The third kappa shape index (κ3) is 3.91. The summed E-state index contributed by atoms with van der Waals surface area (Å²) in [6.07, 6.45) is 2.08. The molecule has 5 heteroatoms. The van der Waals surface area contributed by atoms with Gasteiger partial charge in [0, 0.05) is 6.54 Å². The molecule has 3 nitrogen and oxygen atoms in total. The van der Waals surface area contributed by atoms with Crippen molar-refractivity contribution in [1.29, 1.82) is 0 Å². The third-order valence-corrected chi connectivity index (χ3v) is 4.80. The Labute approximate surface area is 138 Å². The lowest BCUT2D eigenvalue weighted by molar-refractivity contribution is 0.632. The summed E-state index contributed by atoms with van der Waals surface area (Å²) in [5, 5.41) is 5.49. The first-order chi connectivity index (χ1) is 9.61. The smallest absolute Gasteiger partial charge is 0.171 e. The summed E-state index contributed by atoms with van der Waals surface area (Å²) in [5.74, 6) is 2.41. The van der Waals surface area contributed by atoms with Crippen LogP contribution < -0.4 is 5.32 Å². The van der Waals surface area contributed by atoms with Crippen LogP contribution in [0.3, 0.4) is 0 Å². The van der Waals surface area contributed by atoms with E-state index in [0.717, 1.165) is 45.2 Å². The van der Waals surface area contributed by atoms with Crippen molar-refractivity contribution in [3.05, 3.63) is 26.8 Å². The second-order valence-electron chi connectivity index (χ2n) is 5.16. The molecule has 0 saturated heterocycles. The number of halogens is 1. The first kappa shape index (κ1) is 15.7. The Morgan fingerprint density at radius 1 is 1.35 bits per heavy atom. The van der Waals surface area contributed by atoms with Crippen molar-refractivity contribution >= 4 is 39.7 Å². The molecule has 2 heterocycles. The third-order valence-electron chi connectivity index (χ3n) is 2.81. The Hall–Kier alpha value is -0.690. The Balaban J connectivity index is 2.42. The van der Waals surface area contributed by atoms with Crippen LogP contribution in [0.25, 0.3) is 10.7 Å². The van der Waals surface area contributed by atoms with Gasteiger partial charge in [-0.15, -0.1) is 11.3 Å². The van der Waals surface area contributed by atoms with Gasteiger partial charge in [-0.3, -0.25) is 0 Å². The molecule has 0 aromatic carbocycles. The standard InChI is InChI=1S/C15H20IN3S/c1-4-7-17-15-13(16)11(9-10(2)3)18-14(19-15)12-6-5-8-20-12/h5-6,8,10H,4,7,9H2,1-3H3,(H,17,18,19). The van der Waals surface area contributed by atoms with Gasteiger partial charge in [-0.25, -0.2) is 9.97 Å². The van der Waals surface area contributed by atoms with E-state index in [2.05, 4.69) is 60.1 Å². The molecular weight excluding hydrogens is 381 g/mol. The first-order valence-electron chi connectivity index (χ1n) is 6.96. The Morgan fingerprint density at radius 2 is 2.15 bits per heavy atom. The fraction of sp³-hybridized carbons (Fsp3) is 0.467. The Bertz CT molecular complexity index is 552. The molecule has 0 spiro atoms. The van der Waals surface area contributed by atoms with Crippen LogP contribution in [0, 0.1) is 9.49 Å². The quantitative estimate of drug-likeness (QED) is 0.705. The van der Waals surface area contributed by atoms with E-state index in [0.29, 0.717) is 5.92 Å². The molecule has 20 heavy (non-hydrogen) atoms. The maximum atomic E-state index is 4.78. The number of aromatic nitrogens is 2. The number of thiophene rings is 1. The van der Waals surface area contributed by atoms with Gasteiger partial charge in [0.25, 0.3) is 0 Å². The SMILES string of the molecule is CCCNc1nc(-c2cccs2)nc(CC(C)C)c1I. The molecule has 0 radical (unpaired) electrons. The number of hydrogen-bond acceptors (Lipinski definition) is 4. The molecule has 2 rings (SSSR count). The minimum Gasteiger partial charge on any atom is -0.369 e. The minimum atomic E-state index is 0.591. The zero-order chi connectivity index (χ0) is 14.5. The van der Waals surface area contributed by atoms with Gasteiger partial charge in [0.1, 0.15) is 5.82 Å². The molecule has 0 aliphatic rings. The molecule has 1 N–H and O–H groups in total. The van der Waals surface area contributed by atoms with Crippen LogP contribution in [0.5, 0.6) is 0 Å². The van der Waals surface area contributed by atoms with E-state index in [4.69, 9.17) is 9.97 Å². The maximum absolute atomic E-state index is 4.78. The molecule has 2 aromatic rings. The minimum absolute atomic E-state index is 0.591. The van der Waals surface area contributed by atoms with Crippen LogP contribution in [-0.4, -0.2) is 16.5 Å². The molecule has 0 amide bonds. The van der Waals surface area contributed by atoms with E-state index >= 15 is 0 Å². The van der Waals surface area contributed by atoms with E-state index in [-0.39, 0.29) is 0 Å². The van der Waals surface area contributed by atoms with E-state index in [1.807, 2.05) is 6.07 Å². The normalized spacial score (nSPS) is 11.1. The molecule has 108 valence electrons. The van der Waals surface area contributed by atoms with Crippen molar-refractivity contribution in [2.75, 3.05) is 11.9 Å². The largest absolute Gasteiger partial charge is 0.369 e. The summed E-state index contributed by atoms with van der Waals surface area (Å²) < 4.78 is 1.16. The summed E-state index contributed by atoms with van der Waals surface area (Å²) in [4.78, 5) is 10.6. The van der Waals surface area contributed by atoms with Crippen molar-refractivity contribution in [2.24, 2.45) is 5.92 Å². The highest BCUT2D eigenvalue weighted by molar-refractivity contribution is 14.1. The lowest BCUT2D eigenvalue weighted by Crippen LogP contribution is -2.10. The average molecular weight is 401 g/mol. The summed E-state index contributed by atoms with van der Waals surface area (Å²) in [6, 6.07) is 4.12. The van der Waals surface area contributed by atoms with Crippen molar-refractivity contribution in [3.8, 4) is 10.7 Å². The van der Waals surface area contributed by atoms with Crippen LogP contribution in [-0.2, 0) is 6.42 Å². The van der Waals surface area contributed by atoms with Crippen molar-refractivity contribution in [3.63, 3.8) is 0 Å². The highest BCUT2D eigenvalue weighted by Gasteiger charge is 2.14. The van der Waals surface area contributed by atoms with Crippen molar-refractivity contribution in [1.82, 2.24) is 9.97 Å². The lowest BCUT2D eigenvalue weighted by atomic mass is 10.1. The van der Waals surface area contributed by atoms with Gasteiger partial charge in [0.2, 0.25) is 0 Å². The van der Waals surface area contributed by atoms with Crippen LogP contribution in [0.2, 0.25) is 0 Å².